The lowest BCUT2D eigenvalue weighted by Gasteiger charge is -2.34. The lowest BCUT2D eigenvalue weighted by molar-refractivity contribution is -0.133. The van der Waals surface area contributed by atoms with E-state index >= 15 is 0 Å². The van der Waals surface area contributed by atoms with E-state index < -0.39 is 0 Å². The molecule has 1 N–H and O–H groups in total. The molecule has 1 atom stereocenters. The minimum Gasteiger partial charge on any atom is -0.337 e. The highest BCUT2D eigenvalue weighted by Gasteiger charge is 2.37. The number of rotatable bonds is 6. The highest BCUT2D eigenvalue weighted by molar-refractivity contribution is 5.93. The number of aryl methyl sites for hydroxylation is 1. The van der Waals surface area contributed by atoms with E-state index in [1.807, 2.05) is 15.9 Å². The highest BCUT2D eigenvalue weighted by Crippen LogP contribution is 2.32. The minimum atomic E-state index is -0.0645. The molecule has 3 rings (SSSR count). The molecule has 2 heterocycles. The number of carbonyl (C=O) groups is 2. The van der Waals surface area contributed by atoms with E-state index in [0.717, 1.165) is 25.1 Å². The van der Waals surface area contributed by atoms with Gasteiger partial charge in [-0.25, -0.2) is 0 Å². The fourth-order valence-electron chi connectivity index (χ4n) is 3.58. The third-order valence-corrected chi connectivity index (χ3v) is 5.30. The first-order valence-electron chi connectivity index (χ1n) is 9.62. The first-order chi connectivity index (χ1) is 12.0. The molecule has 1 saturated carbocycles. The van der Waals surface area contributed by atoms with Crippen molar-refractivity contribution in [2.75, 3.05) is 19.6 Å². The van der Waals surface area contributed by atoms with E-state index in [4.69, 9.17) is 0 Å². The van der Waals surface area contributed by atoms with Gasteiger partial charge in [-0.2, -0.15) is 5.10 Å². The summed E-state index contributed by atoms with van der Waals surface area (Å²) in [6.45, 7) is 8.32. The van der Waals surface area contributed by atoms with Gasteiger partial charge in [0.15, 0.2) is 0 Å². The van der Waals surface area contributed by atoms with Crippen LogP contribution in [0, 0.1) is 11.8 Å². The zero-order valence-corrected chi connectivity index (χ0v) is 15.6. The first kappa shape index (κ1) is 18.0. The van der Waals surface area contributed by atoms with Crippen molar-refractivity contribution in [2.24, 2.45) is 11.8 Å². The Labute approximate surface area is 149 Å². The predicted octanol–water partition coefficient (Wildman–Crippen LogP) is 2.47. The van der Waals surface area contributed by atoms with Crippen LogP contribution in [0.4, 0.5) is 0 Å². The summed E-state index contributed by atoms with van der Waals surface area (Å²) >= 11 is 0. The molecule has 138 valence electrons. The molecule has 25 heavy (non-hydrogen) atoms. The maximum absolute atomic E-state index is 12.9. The van der Waals surface area contributed by atoms with Crippen LogP contribution in [-0.4, -0.2) is 57.5 Å². The Morgan fingerprint density at radius 2 is 2.16 bits per heavy atom. The van der Waals surface area contributed by atoms with Crippen molar-refractivity contribution >= 4 is 11.8 Å². The minimum absolute atomic E-state index is 0.0645. The van der Waals surface area contributed by atoms with Crippen LogP contribution in [-0.2, 0) is 11.2 Å². The van der Waals surface area contributed by atoms with E-state index in [-0.39, 0.29) is 17.9 Å². The summed E-state index contributed by atoms with van der Waals surface area (Å²) in [5, 5.41) is 7.15. The largest absolute Gasteiger partial charge is 0.337 e. The molecular weight excluding hydrogens is 316 g/mol. The summed E-state index contributed by atoms with van der Waals surface area (Å²) in [6, 6.07) is 1.94. The highest BCUT2D eigenvalue weighted by atomic mass is 16.2. The third kappa shape index (κ3) is 4.22. The summed E-state index contributed by atoms with van der Waals surface area (Å²) in [7, 11) is 0. The number of nitrogens with one attached hydrogen (secondary N) is 1. The van der Waals surface area contributed by atoms with Crippen LogP contribution in [0.5, 0.6) is 0 Å². The standard InChI is InChI=1S/C19H30N4O2/c1-4-5-15-10-16(21-20-15)19(25)22-9-8-18(24)23(11-14-6-7-14)17(12-22)13(2)3/h10,13-14,17H,4-9,11-12H2,1-3H3,(H,20,21). The number of hydrogen-bond acceptors (Lipinski definition) is 3. The Morgan fingerprint density at radius 3 is 2.80 bits per heavy atom. The van der Waals surface area contributed by atoms with Crippen molar-refractivity contribution in [3.05, 3.63) is 17.5 Å². The quantitative estimate of drug-likeness (QED) is 0.860. The summed E-state index contributed by atoms with van der Waals surface area (Å²) in [5.41, 5.74) is 1.46. The number of aromatic nitrogens is 2. The van der Waals surface area contributed by atoms with Crippen LogP contribution in [0.15, 0.2) is 6.07 Å². The second kappa shape index (κ2) is 7.58. The Bertz CT molecular complexity index is 621. The van der Waals surface area contributed by atoms with Crippen molar-refractivity contribution in [1.29, 1.82) is 0 Å². The summed E-state index contributed by atoms with van der Waals surface area (Å²) in [6.07, 6.45) is 4.77. The van der Waals surface area contributed by atoms with Gasteiger partial charge in [-0.05, 0) is 37.2 Å². The Balaban J connectivity index is 1.74. The van der Waals surface area contributed by atoms with Crippen LogP contribution in [0.3, 0.4) is 0 Å². The molecule has 2 amide bonds. The molecular formula is C19H30N4O2. The SMILES string of the molecule is CCCc1cc(C(=O)N2CCC(=O)N(CC3CC3)C(C(C)C)C2)n[nH]1. The Kier molecular flexibility index (Phi) is 5.45. The van der Waals surface area contributed by atoms with Crippen molar-refractivity contribution in [1.82, 2.24) is 20.0 Å². The number of hydrogen-bond donors (Lipinski definition) is 1. The molecule has 1 aliphatic carbocycles. The molecule has 1 unspecified atom stereocenters. The van der Waals surface area contributed by atoms with Gasteiger partial charge in [0.1, 0.15) is 5.69 Å². The number of H-pyrrole nitrogens is 1. The van der Waals surface area contributed by atoms with Gasteiger partial charge >= 0.3 is 0 Å². The molecule has 0 radical (unpaired) electrons. The van der Waals surface area contributed by atoms with Crippen molar-refractivity contribution in [2.45, 2.75) is 58.9 Å². The van der Waals surface area contributed by atoms with E-state index in [2.05, 4.69) is 31.0 Å². The second-order valence-electron chi connectivity index (χ2n) is 7.83. The average Bonchev–Trinajstić information content (AvgIpc) is 3.31. The third-order valence-electron chi connectivity index (χ3n) is 5.30. The van der Waals surface area contributed by atoms with Crippen molar-refractivity contribution in [3.63, 3.8) is 0 Å². The zero-order chi connectivity index (χ0) is 18.0. The van der Waals surface area contributed by atoms with Gasteiger partial charge < -0.3 is 9.80 Å². The first-order valence-corrected chi connectivity index (χ1v) is 9.62. The lowest BCUT2D eigenvalue weighted by atomic mass is 10.0. The topological polar surface area (TPSA) is 69.3 Å². The van der Waals surface area contributed by atoms with Crippen molar-refractivity contribution in [3.8, 4) is 0 Å². The fourth-order valence-corrected chi connectivity index (χ4v) is 3.58. The molecule has 2 fully saturated rings. The second-order valence-corrected chi connectivity index (χ2v) is 7.83. The molecule has 1 aliphatic heterocycles. The Hall–Kier alpha value is -1.85. The zero-order valence-electron chi connectivity index (χ0n) is 15.6. The van der Waals surface area contributed by atoms with Gasteiger partial charge in [-0.1, -0.05) is 27.2 Å². The fraction of sp³-hybridized carbons (Fsp3) is 0.737. The molecule has 0 spiro atoms. The van der Waals surface area contributed by atoms with E-state index in [9.17, 15) is 9.59 Å². The molecule has 0 aromatic carbocycles. The summed E-state index contributed by atoms with van der Waals surface area (Å²) in [5.74, 6) is 1.11. The molecule has 2 aliphatic rings. The smallest absolute Gasteiger partial charge is 0.274 e. The number of carbonyl (C=O) groups excluding carboxylic acids is 2. The van der Waals surface area contributed by atoms with Gasteiger partial charge in [-0.15, -0.1) is 0 Å². The lowest BCUT2D eigenvalue weighted by Crippen LogP contribution is -2.48. The van der Waals surface area contributed by atoms with Crippen LogP contribution in [0.2, 0.25) is 0 Å². The summed E-state index contributed by atoms with van der Waals surface area (Å²) < 4.78 is 0. The van der Waals surface area contributed by atoms with Crippen molar-refractivity contribution < 1.29 is 9.59 Å². The van der Waals surface area contributed by atoms with Gasteiger partial charge in [-0.3, -0.25) is 14.7 Å². The van der Waals surface area contributed by atoms with E-state index in [0.29, 0.717) is 37.0 Å². The molecule has 1 aromatic heterocycles. The molecule has 1 aromatic rings. The number of amides is 2. The predicted molar refractivity (Wildman–Crippen MR) is 96.2 cm³/mol. The van der Waals surface area contributed by atoms with E-state index in [1.165, 1.54) is 12.8 Å². The average molecular weight is 346 g/mol. The maximum atomic E-state index is 12.9. The van der Waals surface area contributed by atoms with Gasteiger partial charge in [0.05, 0.1) is 6.04 Å². The van der Waals surface area contributed by atoms with Crippen LogP contribution in [0.25, 0.3) is 0 Å². The molecule has 1 saturated heterocycles. The molecule has 0 bridgehead atoms. The van der Waals surface area contributed by atoms with Crippen LogP contribution in [0.1, 0.15) is 62.6 Å². The number of nitrogens with zero attached hydrogens (tertiary/aromatic N) is 3. The molecule has 6 nitrogen and oxygen atoms in total. The summed E-state index contributed by atoms with van der Waals surface area (Å²) in [4.78, 5) is 29.4. The molecule has 6 heteroatoms. The van der Waals surface area contributed by atoms with Crippen LogP contribution < -0.4 is 0 Å². The Morgan fingerprint density at radius 1 is 1.40 bits per heavy atom. The normalized spacial score (nSPS) is 21.8. The monoisotopic (exact) mass is 346 g/mol. The van der Waals surface area contributed by atoms with E-state index in [1.54, 1.807) is 0 Å². The maximum Gasteiger partial charge on any atom is 0.274 e. The van der Waals surface area contributed by atoms with Crippen LogP contribution >= 0.6 is 0 Å². The van der Waals surface area contributed by atoms with Gasteiger partial charge in [0, 0.05) is 31.7 Å². The van der Waals surface area contributed by atoms with Gasteiger partial charge in [0.25, 0.3) is 5.91 Å². The van der Waals surface area contributed by atoms with Gasteiger partial charge in [0.2, 0.25) is 5.91 Å². The number of aromatic amines is 1.